The quantitative estimate of drug-likeness (QED) is 0.840. The number of hydrogen-bond acceptors (Lipinski definition) is 5. The van der Waals surface area contributed by atoms with E-state index in [9.17, 15) is 8.42 Å². The molecule has 0 fully saturated rings. The summed E-state index contributed by atoms with van der Waals surface area (Å²) in [6.45, 7) is 0. The molecule has 6 nitrogen and oxygen atoms in total. The largest absolute Gasteiger partial charge is 0.384 e. The first-order valence-electron chi connectivity index (χ1n) is 5.35. The van der Waals surface area contributed by atoms with Crippen LogP contribution in [0.15, 0.2) is 47.4 Å². The molecule has 0 unspecified atom stereocenters. The topological polar surface area (TPSA) is 88.3 Å². The molecule has 106 valence electrons. The molecular weight excluding hydrogens is 323 g/mol. The van der Waals surface area contributed by atoms with E-state index in [1.54, 1.807) is 12.1 Å². The number of hydrogen-bond donors (Lipinski definition) is 2. The third kappa shape index (κ3) is 3.44. The van der Waals surface area contributed by atoms with Crippen LogP contribution in [0.5, 0.6) is 0 Å². The fourth-order valence-corrected chi connectivity index (χ4v) is 2.67. The van der Waals surface area contributed by atoms with E-state index in [1.165, 1.54) is 30.3 Å². The molecule has 0 bridgehead atoms. The lowest BCUT2D eigenvalue weighted by molar-refractivity contribution is 0.601. The molecule has 2 aromatic rings. The third-order valence-electron chi connectivity index (χ3n) is 2.35. The zero-order chi connectivity index (χ0) is 14.8. The van der Waals surface area contributed by atoms with E-state index in [1.807, 2.05) is 0 Å². The van der Waals surface area contributed by atoms with Gasteiger partial charge < -0.3 is 5.73 Å². The number of nitrogen functional groups attached to an aromatic ring is 1. The van der Waals surface area contributed by atoms with Gasteiger partial charge in [0.15, 0.2) is 0 Å². The Bertz CT molecular complexity index is 705. The first kappa shape index (κ1) is 14.7. The summed E-state index contributed by atoms with van der Waals surface area (Å²) in [5, 5.41) is 0. The molecule has 20 heavy (non-hydrogen) atoms. The molecule has 0 saturated heterocycles. The second kappa shape index (κ2) is 5.74. The van der Waals surface area contributed by atoms with Crippen molar-refractivity contribution in [3.8, 4) is 0 Å². The lowest BCUT2D eigenvalue weighted by Crippen LogP contribution is -2.14. The Morgan fingerprint density at radius 3 is 2.30 bits per heavy atom. The van der Waals surface area contributed by atoms with Gasteiger partial charge >= 0.3 is 0 Å². The minimum Gasteiger partial charge on any atom is -0.384 e. The summed E-state index contributed by atoms with van der Waals surface area (Å²) in [6.07, 6.45) is 0. The normalized spacial score (nSPS) is 11.1. The summed E-state index contributed by atoms with van der Waals surface area (Å²) in [5.74, 6) is 0.367. The maximum atomic E-state index is 12.1. The van der Waals surface area contributed by atoms with Crippen LogP contribution in [0.3, 0.4) is 0 Å². The van der Waals surface area contributed by atoms with Gasteiger partial charge in [-0.3, -0.25) is 4.72 Å². The van der Waals surface area contributed by atoms with E-state index in [2.05, 4.69) is 9.71 Å². The van der Waals surface area contributed by atoms with Crippen LogP contribution in [0.1, 0.15) is 0 Å². The van der Waals surface area contributed by atoms with Crippen LogP contribution in [0.2, 0.25) is 0 Å². The number of nitrogens with two attached hydrogens (primary N) is 1. The van der Waals surface area contributed by atoms with Crippen LogP contribution < -0.4 is 14.4 Å². The smallest absolute Gasteiger partial charge is 0.263 e. The monoisotopic (exact) mass is 332 g/mol. The van der Waals surface area contributed by atoms with Crippen molar-refractivity contribution in [3.05, 3.63) is 42.5 Å². The van der Waals surface area contributed by atoms with Gasteiger partial charge in [0, 0.05) is 23.6 Å². The lowest BCUT2D eigenvalue weighted by atomic mass is 10.3. The molecule has 0 aliphatic rings. The Labute approximate surface area is 126 Å². The number of rotatable bonds is 4. The maximum absolute atomic E-state index is 12.1. The summed E-state index contributed by atoms with van der Waals surface area (Å²) < 4.78 is 27.4. The molecule has 0 atom stereocenters. The van der Waals surface area contributed by atoms with Crippen LogP contribution in [-0.4, -0.2) is 13.4 Å². The molecule has 0 radical (unpaired) electrons. The SMILES string of the molecule is Nc1cccc(NS(=O)(=O)c2ccc(N(Cl)Cl)cc2)n1. The van der Waals surface area contributed by atoms with Crippen LogP contribution in [-0.2, 0) is 10.0 Å². The first-order chi connectivity index (χ1) is 9.38. The number of benzene rings is 1. The van der Waals surface area contributed by atoms with E-state index < -0.39 is 10.0 Å². The molecule has 1 heterocycles. The molecule has 1 aromatic carbocycles. The fraction of sp³-hybridized carbons (Fsp3) is 0. The lowest BCUT2D eigenvalue weighted by Gasteiger charge is -2.09. The molecule has 0 aliphatic carbocycles. The summed E-state index contributed by atoms with van der Waals surface area (Å²) in [6, 6.07) is 10.4. The standard InChI is InChI=1S/C11H10Cl2N4O2S/c12-17(13)8-4-6-9(7-5-8)20(18,19)16-11-3-1-2-10(14)15-11/h1-7H,(H3,14,15,16). The number of pyridine rings is 1. The number of nitrogens with one attached hydrogen (secondary N) is 1. The van der Waals surface area contributed by atoms with E-state index >= 15 is 0 Å². The van der Waals surface area contributed by atoms with Crippen molar-refractivity contribution < 1.29 is 8.42 Å². The zero-order valence-corrected chi connectivity index (χ0v) is 12.3. The highest BCUT2D eigenvalue weighted by molar-refractivity contribution is 7.92. The van der Waals surface area contributed by atoms with Crippen molar-refractivity contribution >= 4 is 50.9 Å². The molecule has 3 N–H and O–H groups in total. The van der Waals surface area contributed by atoms with Gasteiger partial charge in [0.2, 0.25) is 0 Å². The molecule has 0 aliphatic heterocycles. The number of nitrogens with zero attached hydrogens (tertiary/aromatic N) is 2. The average Bonchev–Trinajstić information content (AvgIpc) is 2.38. The Balaban J connectivity index is 2.26. The first-order valence-corrected chi connectivity index (χ1v) is 7.51. The Morgan fingerprint density at radius 2 is 1.75 bits per heavy atom. The molecule has 2 rings (SSSR count). The van der Waals surface area contributed by atoms with Crippen LogP contribution >= 0.6 is 23.6 Å². The Kier molecular flexibility index (Phi) is 4.22. The highest BCUT2D eigenvalue weighted by Gasteiger charge is 2.15. The van der Waals surface area contributed by atoms with Gasteiger partial charge in [-0.25, -0.2) is 13.4 Å². The van der Waals surface area contributed by atoms with Crippen LogP contribution in [0.25, 0.3) is 0 Å². The van der Waals surface area contributed by atoms with E-state index in [0.717, 1.165) is 3.94 Å². The van der Waals surface area contributed by atoms with Crippen molar-refractivity contribution in [3.63, 3.8) is 0 Å². The highest BCUT2D eigenvalue weighted by atomic mass is 35.5. The van der Waals surface area contributed by atoms with Gasteiger partial charge in [0.1, 0.15) is 11.6 Å². The van der Waals surface area contributed by atoms with Crippen molar-refractivity contribution in [1.82, 2.24) is 4.98 Å². The Morgan fingerprint density at radius 1 is 1.10 bits per heavy atom. The summed E-state index contributed by atoms with van der Waals surface area (Å²) in [4.78, 5) is 3.92. The van der Waals surface area contributed by atoms with E-state index in [0.29, 0.717) is 5.69 Å². The summed E-state index contributed by atoms with van der Waals surface area (Å²) in [5.41, 5.74) is 5.94. The van der Waals surface area contributed by atoms with Gasteiger partial charge in [0.25, 0.3) is 10.0 Å². The number of anilines is 3. The van der Waals surface area contributed by atoms with Gasteiger partial charge in [-0.05, 0) is 36.4 Å². The predicted octanol–water partition coefficient (Wildman–Crippen LogP) is 2.58. The van der Waals surface area contributed by atoms with Gasteiger partial charge in [0.05, 0.1) is 10.6 Å². The molecular formula is C11H10Cl2N4O2S. The molecule has 0 saturated carbocycles. The third-order valence-corrected chi connectivity index (χ3v) is 4.11. The number of sulfonamides is 1. The maximum Gasteiger partial charge on any atom is 0.263 e. The second-order valence-electron chi connectivity index (χ2n) is 3.78. The van der Waals surface area contributed by atoms with Gasteiger partial charge in [-0.1, -0.05) is 6.07 Å². The predicted molar refractivity (Wildman–Crippen MR) is 80.1 cm³/mol. The fourth-order valence-electron chi connectivity index (χ4n) is 1.44. The molecule has 9 heteroatoms. The van der Waals surface area contributed by atoms with Crippen molar-refractivity contribution in [1.29, 1.82) is 0 Å². The number of aromatic nitrogens is 1. The molecule has 0 amide bonds. The summed E-state index contributed by atoms with van der Waals surface area (Å²) >= 11 is 11.1. The molecule has 1 aromatic heterocycles. The average molecular weight is 333 g/mol. The minimum absolute atomic E-state index is 0.0562. The summed E-state index contributed by atoms with van der Waals surface area (Å²) in [7, 11) is -3.75. The highest BCUT2D eigenvalue weighted by Crippen LogP contribution is 2.22. The van der Waals surface area contributed by atoms with Gasteiger partial charge in [-0.2, -0.15) is 3.94 Å². The Hall–Kier alpha value is -1.70. The van der Waals surface area contributed by atoms with E-state index in [4.69, 9.17) is 29.3 Å². The van der Waals surface area contributed by atoms with Crippen LogP contribution in [0, 0.1) is 0 Å². The second-order valence-corrected chi connectivity index (χ2v) is 6.31. The number of halogens is 2. The molecule has 0 spiro atoms. The van der Waals surface area contributed by atoms with Crippen molar-refractivity contribution in [2.45, 2.75) is 4.90 Å². The minimum atomic E-state index is -3.75. The van der Waals surface area contributed by atoms with Crippen molar-refractivity contribution in [2.24, 2.45) is 0 Å². The van der Waals surface area contributed by atoms with Crippen molar-refractivity contribution in [2.75, 3.05) is 14.4 Å². The zero-order valence-electron chi connectivity index (χ0n) is 9.99. The van der Waals surface area contributed by atoms with Crippen LogP contribution in [0.4, 0.5) is 17.3 Å². The van der Waals surface area contributed by atoms with E-state index in [-0.39, 0.29) is 16.5 Å². The van der Waals surface area contributed by atoms with Gasteiger partial charge in [-0.15, -0.1) is 0 Å².